The van der Waals surface area contributed by atoms with E-state index >= 15 is 0 Å². The van der Waals surface area contributed by atoms with E-state index in [0.717, 1.165) is 42.3 Å². The van der Waals surface area contributed by atoms with Gasteiger partial charge in [0.2, 0.25) is 9.84 Å². The molecule has 5 rings (SSSR count). The van der Waals surface area contributed by atoms with E-state index < -0.39 is 15.7 Å². The van der Waals surface area contributed by atoms with Gasteiger partial charge in [-0.2, -0.15) is 0 Å². The number of hydrogen-bond donors (Lipinski definition) is 1. The summed E-state index contributed by atoms with van der Waals surface area (Å²) in [6, 6.07) is 13.0. The molecule has 2 aromatic carbocycles. The van der Waals surface area contributed by atoms with Crippen LogP contribution < -0.4 is 10.2 Å². The molecule has 0 radical (unpaired) electrons. The molecule has 2 aliphatic heterocycles. The molecule has 2 fully saturated rings. The molecule has 2 aliphatic rings. The number of aromatic nitrogens is 1. The summed E-state index contributed by atoms with van der Waals surface area (Å²) >= 11 is 0. The molecule has 3 heterocycles. The molecule has 0 amide bonds. The van der Waals surface area contributed by atoms with E-state index in [1.54, 1.807) is 6.07 Å². The number of nitrogens with one attached hydrogen (secondary N) is 1. The van der Waals surface area contributed by atoms with Crippen molar-refractivity contribution >= 4 is 38.8 Å². The Balaban J connectivity index is 0.00000192. The fourth-order valence-electron chi connectivity index (χ4n) is 3.95. The maximum atomic E-state index is 13.5. The molecule has 2 saturated heterocycles. The topological polar surface area (TPSA) is 62.3 Å². The van der Waals surface area contributed by atoms with Crippen LogP contribution in [0.1, 0.15) is 0 Å². The third-order valence-corrected chi connectivity index (χ3v) is 7.22. The summed E-state index contributed by atoms with van der Waals surface area (Å²) in [4.78, 5) is 6.79. The SMILES string of the molecule is Cl.O=S(=O)(c1cccc(F)c1)c1cnc2c(N3C[C@@H]4CN[C@@H]4C3)cccc2c1. The van der Waals surface area contributed by atoms with Crippen molar-refractivity contribution in [3.8, 4) is 0 Å². The highest BCUT2D eigenvalue weighted by Gasteiger charge is 2.39. The molecule has 1 N–H and O–H groups in total. The summed E-state index contributed by atoms with van der Waals surface area (Å²) in [7, 11) is -3.82. The van der Waals surface area contributed by atoms with Crippen LogP contribution in [-0.4, -0.2) is 39.1 Å². The Morgan fingerprint density at radius 3 is 2.57 bits per heavy atom. The van der Waals surface area contributed by atoms with Gasteiger partial charge >= 0.3 is 0 Å². The van der Waals surface area contributed by atoms with E-state index in [4.69, 9.17) is 0 Å². The van der Waals surface area contributed by atoms with Gasteiger partial charge in [0.15, 0.2) is 0 Å². The number of halogens is 2. The van der Waals surface area contributed by atoms with Crippen LogP contribution in [0.2, 0.25) is 0 Å². The Bertz CT molecular complexity index is 1140. The lowest BCUT2D eigenvalue weighted by Crippen LogP contribution is -2.51. The van der Waals surface area contributed by atoms with Crippen LogP contribution in [0.25, 0.3) is 10.9 Å². The Morgan fingerprint density at radius 2 is 1.89 bits per heavy atom. The largest absolute Gasteiger partial charge is 0.368 e. The maximum absolute atomic E-state index is 13.5. The van der Waals surface area contributed by atoms with Crippen molar-refractivity contribution in [2.75, 3.05) is 24.5 Å². The second kappa shape index (κ2) is 6.99. The first-order valence-corrected chi connectivity index (χ1v) is 10.4. The van der Waals surface area contributed by atoms with E-state index in [2.05, 4.69) is 15.2 Å². The van der Waals surface area contributed by atoms with Crippen molar-refractivity contribution in [2.24, 2.45) is 5.92 Å². The molecule has 5 nitrogen and oxygen atoms in total. The van der Waals surface area contributed by atoms with Crippen LogP contribution in [-0.2, 0) is 9.84 Å². The molecule has 0 bridgehead atoms. The second-order valence-electron chi connectivity index (χ2n) is 7.16. The standard InChI is InChI=1S/C20H18FN3O2S.ClH/c21-15-4-2-5-16(8-15)27(25,26)17-7-13-3-1-6-19(20(13)23-10-17)24-11-14-9-22-18(14)12-24;/h1-8,10,14,18,22H,9,11-12H2;1H/t14-,18+;/m0./s1. The Morgan fingerprint density at radius 1 is 1.07 bits per heavy atom. The van der Waals surface area contributed by atoms with Crippen LogP contribution in [0.3, 0.4) is 0 Å². The highest BCUT2D eigenvalue weighted by atomic mass is 35.5. The van der Waals surface area contributed by atoms with Crippen molar-refractivity contribution in [2.45, 2.75) is 15.8 Å². The Kier molecular flexibility index (Phi) is 4.77. The molecule has 1 aromatic heterocycles. The van der Waals surface area contributed by atoms with Crippen LogP contribution >= 0.6 is 12.4 Å². The molecule has 3 aromatic rings. The number of sulfone groups is 1. The van der Waals surface area contributed by atoms with Gasteiger partial charge in [0.25, 0.3) is 0 Å². The first-order valence-electron chi connectivity index (χ1n) is 8.90. The van der Waals surface area contributed by atoms with Gasteiger partial charge in [-0.3, -0.25) is 4.98 Å². The normalized spacial score (nSPS) is 21.1. The average Bonchev–Trinajstić information content (AvgIpc) is 2.95. The van der Waals surface area contributed by atoms with Gasteiger partial charge in [-0.05, 0) is 30.3 Å². The lowest BCUT2D eigenvalue weighted by Gasteiger charge is -2.29. The number of fused-ring (bicyclic) bond motifs is 2. The fourth-order valence-corrected chi connectivity index (χ4v) is 5.22. The van der Waals surface area contributed by atoms with Gasteiger partial charge < -0.3 is 10.2 Å². The van der Waals surface area contributed by atoms with Crippen molar-refractivity contribution in [3.63, 3.8) is 0 Å². The fraction of sp³-hybridized carbons (Fsp3) is 0.250. The second-order valence-corrected chi connectivity index (χ2v) is 9.11. The van der Waals surface area contributed by atoms with Gasteiger partial charge in [-0.15, -0.1) is 12.4 Å². The number of rotatable bonds is 3. The molecule has 0 spiro atoms. The van der Waals surface area contributed by atoms with E-state index in [-0.39, 0.29) is 22.2 Å². The van der Waals surface area contributed by atoms with Crippen LogP contribution in [0.15, 0.2) is 64.5 Å². The Hall–Kier alpha value is -2.22. The molecule has 28 heavy (non-hydrogen) atoms. The van der Waals surface area contributed by atoms with Crippen LogP contribution in [0.4, 0.5) is 10.1 Å². The lowest BCUT2D eigenvalue weighted by molar-refractivity contribution is 0.297. The summed E-state index contributed by atoms with van der Waals surface area (Å²) in [5, 5.41) is 4.20. The summed E-state index contributed by atoms with van der Waals surface area (Å²) in [5.41, 5.74) is 1.82. The van der Waals surface area contributed by atoms with Gasteiger partial charge in [0.05, 0.1) is 21.0 Å². The number of nitrogens with zero attached hydrogens (tertiary/aromatic N) is 2. The highest BCUT2D eigenvalue weighted by molar-refractivity contribution is 7.91. The van der Waals surface area contributed by atoms with Gasteiger partial charge in [-0.25, -0.2) is 12.8 Å². The minimum Gasteiger partial charge on any atom is -0.368 e. The molecule has 8 heteroatoms. The number of anilines is 1. The molecule has 0 unspecified atom stereocenters. The minimum absolute atomic E-state index is 0. The van der Waals surface area contributed by atoms with Gasteiger partial charge in [0, 0.05) is 43.2 Å². The van der Waals surface area contributed by atoms with E-state index in [1.165, 1.54) is 24.4 Å². The third-order valence-electron chi connectivity index (χ3n) is 5.51. The molecule has 2 atom stereocenters. The molecule has 0 aliphatic carbocycles. The van der Waals surface area contributed by atoms with Crippen molar-refractivity contribution < 1.29 is 12.8 Å². The molecule has 0 saturated carbocycles. The predicted molar refractivity (Wildman–Crippen MR) is 108 cm³/mol. The zero-order valence-corrected chi connectivity index (χ0v) is 16.5. The summed E-state index contributed by atoms with van der Waals surface area (Å²) < 4.78 is 39.1. The van der Waals surface area contributed by atoms with Crippen LogP contribution in [0.5, 0.6) is 0 Å². The number of pyridine rings is 1. The summed E-state index contributed by atoms with van der Waals surface area (Å²) in [6.45, 7) is 2.98. The molecule has 146 valence electrons. The van der Waals surface area contributed by atoms with E-state index in [1.807, 2.05) is 18.2 Å². The smallest absolute Gasteiger partial charge is 0.208 e. The molecular weight excluding hydrogens is 401 g/mol. The van der Waals surface area contributed by atoms with E-state index in [9.17, 15) is 12.8 Å². The maximum Gasteiger partial charge on any atom is 0.208 e. The third kappa shape index (κ3) is 3.03. The highest BCUT2D eigenvalue weighted by Crippen LogP contribution is 2.33. The Labute approximate surface area is 168 Å². The van der Waals surface area contributed by atoms with Crippen LogP contribution in [0, 0.1) is 11.7 Å². The van der Waals surface area contributed by atoms with Gasteiger partial charge in [-0.1, -0.05) is 18.2 Å². The number of benzene rings is 2. The number of para-hydroxylation sites is 1. The first kappa shape index (κ1) is 19.1. The van der Waals surface area contributed by atoms with E-state index in [0.29, 0.717) is 12.0 Å². The summed E-state index contributed by atoms with van der Waals surface area (Å²) in [6.07, 6.45) is 1.37. The molecular formula is C20H19ClFN3O2S. The zero-order valence-electron chi connectivity index (χ0n) is 14.9. The zero-order chi connectivity index (χ0) is 18.6. The van der Waals surface area contributed by atoms with Crippen molar-refractivity contribution in [3.05, 3.63) is 60.5 Å². The number of hydrogen-bond acceptors (Lipinski definition) is 5. The van der Waals surface area contributed by atoms with Gasteiger partial charge in [0.1, 0.15) is 5.82 Å². The van der Waals surface area contributed by atoms with Crippen molar-refractivity contribution in [1.29, 1.82) is 0 Å². The first-order chi connectivity index (χ1) is 13.0. The average molecular weight is 420 g/mol. The minimum atomic E-state index is -3.82. The lowest BCUT2D eigenvalue weighted by atomic mass is 9.96. The predicted octanol–water partition coefficient (Wildman–Crippen LogP) is 3.04. The monoisotopic (exact) mass is 419 g/mol. The van der Waals surface area contributed by atoms with Crippen molar-refractivity contribution in [1.82, 2.24) is 10.3 Å². The quantitative estimate of drug-likeness (QED) is 0.707. The summed E-state index contributed by atoms with van der Waals surface area (Å²) in [5.74, 6) is 0.0947.